The van der Waals surface area contributed by atoms with Crippen LogP contribution >= 0.6 is 11.6 Å². The van der Waals surface area contributed by atoms with E-state index in [0.717, 1.165) is 17.6 Å². The lowest BCUT2D eigenvalue weighted by Crippen LogP contribution is -2.48. The number of benzene rings is 3. The maximum Gasteiger partial charge on any atom is 0.322 e. The summed E-state index contributed by atoms with van der Waals surface area (Å²) in [6.45, 7) is 3.24. The molecular formula is C31H32ClN3O5. The van der Waals surface area contributed by atoms with E-state index in [0.29, 0.717) is 60.3 Å². The Hall–Kier alpha value is -4.30. The average Bonchev–Trinajstić information content (AvgIpc) is 2.96. The molecule has 3 amide bonds. The van der Waals surface area contributed by atoms with Gasteiger partial charge in [-0.25, -0.2) is 4.79 Å². The van der Waals surface area contributed by atoms with Crippen LogP contribution in [0.3, 0.4) is 0 Å². The molecule has 1 atom stereocenters. The van der Waals surface area contributed by atoms with E-state index in [4.69, 9.17) is 21.1 Å². The van der Waals surface area contributed by atoms with Gasteiger partial charge in [-0.15, -0.1) is 0 Å². The Balaban J connectivity index is 1.30. The third-order valence-electron chi connectivity index (χ3n) is 6.59. The largest absolute Gasteiger partial charge is 0.490 e. The first-order chi connectivity index (χ1) is 19.4. The van der Waals surface area contributed by atoms with E-state index in [2.05, 4.69) is 5.32 Å². The van der Waals surface area contributed by atoms with Crippen molar-refractivity contribution in [1.82, 2.24) is 15.1 Å². The zero-order valence-corrected chi connectivity index (χ0v) is 23.3. The standard InChI is InChI=1S/C31H32ClN3O5/c1-22-28(21-36)29(24-8-6-9-25(32)20-24)35(31(38)33-22)17-7-16-34(2)30(37)23-12-14-27(15-13-23)40-19-18-39-26-10-4-3-5-11-26/h3-6,8-15,20-21,29H,7,16-19H2,1-2H3,(H,33,38). The van der Waals surface area contributed by atoms with Crippen LogP contribution in [-0.2, 0) is 4.79 Å². The molecule has 0 spiro atoms. The summed E-state index contributed by atoms with van der Waals surface area (Å²) in [5, 5.41) is 3.29. The van der Waals surface area contributed by atoms with Gasteiger partial charge in [-0.1, -0.05) is 41.9 Å². The second-order valence-corrected chi connectivity index (χ2v) is 9.83. The zero-order chi connectivity index (χ0) is 28.5. The maximum atomic E-state index is 13.0. The molecule has 0 saturated carbocycles. The fraction of sp³-hybridized carbons (Fsp3) is 0.258. The van der Waals surface area contributed by atoms with Gasteiger partial charge in [-0.3, -0.25) is 9.59 Å². The number of carbonyl (C=O) groups is 3. The molecule has 1 heterocycles. The summed E-state index contributed by atoms with van der Waals surface area (Å²) in [5.41, 5.74) is 2.27. The fourth-order valence-corrected chi connectivity index (χ4v) is 4.74. The first kappa shape index (κ1) is 28.7. The topological polar surface area (TPSA) is 88.2 Å². The number of nitrogens with one attached hydrogen (secondary N) is 1. The van der Waals surface area contributed by atoms with Crippen molar-refractivity contribution in [2.45, 2.75) is 19.4 Å². The van der Waals surface area contributed by atoms with Gasteiger partial charge in [-0.05, 0) is 67.4 Å². The second kappa shape index (κ2) is 13.7. The van der Waals surface area contributed by atoms with Crippen LogP contribution in [-0.4, -0.2) is 61.4 Å². The van der Waals surface area contributed by atoms with Crippen LogP contribution in [0.15, 0.2) is 90.1 Å². The fourth-order valence-electron chi connectivity index (χ4n) is 4.54. The molecule has 0 aliphatic carbocycles. The minimum absolute atomic E-state index is 0.141. The first-order valence-electron chi connectivity index (χ1n) is 13.0. The molecule has 40 heavy (non-hydrogen) atoms. The summed E-state index contributed by atoms with van der Waals surface area (Å²) < 4.78 is 11.3. The number of hydrogen-bond acceptors (Lipinski definition) is 5. The van der Waals surface area contributed by atoms with Crippen molar-refractivity contribution in [3.8, 4) is 11.5 Å². The van der Waals surface area contributed by atoms with Crippen LogP contribution in [0.5, 0.6) is 11.5 Å². The summed E-state index contributed by atoms with van der Waals surface area (Å²) in [6, 6.07) is 22.8. The Morgan fingerprint density at radius 3 is 2.33 bits per heavy atom. The molecule has 0 bridgehead atoms. The molecule has 208 valence electrons. The Kier molecular flexibility index (Phi) is 9.81. The van der Waals surface area contributed by atoms with E-state index >= 15 is 0 Å². The lowest BCUT2D eigenvalue weighted by atomic mass is 9.94. The summed E-state index contributed by atoms with van der Waals surface area (Å²) in [6.07, 6.45) is 1.28. The zero-order valence-electron chi connectivity index (χ0n) is 22.5. The number of rotatable bonds is 12. The normalized spacial score (nSPS) is 14.9. The summed E-state index contributed by atoms with van der Waals surface area (Å²) >= 11 is 6.20. The molecular weight excluding hydrogens is 530 g/mol. The van der Waals surface area contributed by atoms with Gasteiger partial charge in [0.15, 0.2) is 0 Å². The van der Waals surface area contributed by atoms with Gasteiger partial charge < -0.3 is 24.6 Å². The molecule has 8 nitrogen and oxygen atoms in total. The number of ether oxygens (including phenoxy) is 2. The van der Waals surface area contributed by atoms with Gasteiger partial charge in [0.2, 0.25) is 0 Å². The molecule has 1 unspecified atom stereocenters. The Morgan fingerprint density at radius 2 is 1.68 bits per heavy atom. The highest BCUT2D eigenvalue weighted by Gasteiger charge is 2.34. The monoisotopic (exact) mass is 561 g/mol. The van der Waals surface area contributed by atoms with Crippen molar-refractivity contribution in [3.05, 3.63) is 106 Å². The first-order valence-corrected chi connectivity index (χ1v) is 13.4. The molecule has 1 aliphatic heterocycles. The van der Waals surface area contributed by atoms with Gasteiger partial charge in [0.25, 0.3) is 5.91 Å². The molecule has 4 rings (SSSR count). The Labute approximate surface area is 239 Å². The van der Waals surface area contributed by atoms with E-state index in [1.54, 1.807) is 66.2 Å². The van der Waals surface area contributed by atoms with Crippen LogP contribution in [0.4, 0.5) is 4.79 Å². The molecule has 0 saturated heterocycles. The number of allylic oxidation sites excluding steroid dienone is 1. The number of urea groups is 1. The van der Waals surface area contributed by atoms with Crippen molar-refractivity contribution in [3.63, 3.8) is 0 Å². The van der Waals surface area contributed by atoms with Crippen molar-refractivity contribution in [2.75, 3.05) is 33.4 Å². The summed E-state index contributed by atoms with van der Waals surface area (Å²) in [5.74, 6) is 1.29. The minimum atomic E-state index is -0.559. The van der Waals surface area contributed by atoms with Crippen molar-refractivity contribution < 1.29 is 23.9 Å². The Bertz CT molecular complexity index is 1360. The number of aldehydes is 1. The number of hydrogen-bond donors (Lipinski definition) is 1. The lowest BCUT2D eigenvalue weighted by molar-refractivity contribution is -0.105. The molecule has 3 aromatic rings. The predicted octanol–water partition coefficient (Wildman–Crippen LogP) is 5.50. The van der Waals surface area contributed by atoms with Crippen LogP contribution in [0.1, 0.15) is 35.3 Å². The molecule has 0 fully saturated rings. The van der Waals surface area contributed by atoms with E-state index in [-0.39, 0.29) is 11.9 Å². The van der Waals surface area contributed by atoms with Crippen LogP contribution in [0, 0.1) is 0 Å². The van der Waals surface area contributed by atoms with Gasteiger partial charge >= 0.3 is 6.03 Å². The van der Waals surface area contributed by atoms with Crippen LogP contribution in [0.2, 0.25) is 5.02 Å². The SMILES string of the molecule is CC1=C(C=O)C(c2cccc(Cl)c2)N(CCCN(C)C(=O)c2ccc(OCCOc3ccccc3)cc2)C(=O)N1. The minimum Gasteiger partial charge on any atom is -0.490 e. The number of nitrogens with zero attached hydrogens (tertiary/aromatic N) is 2. The number of halogens is 1. The summed E-state index contributed by atoms with van der Waals surface area (Å²) in [7, 11) is 1.72. The lowest BCUT2D eigenvalue weighted by Gasteiger charge is -2.37. The second-order valence-electron chi connectivity index (χ2n) is 9.39. The third-order valence-corrected chi connectivity index (χ3v) is 6.83. The molecule has 9 heteroatoms. The number of amides is 3. The van der Waals surface area contributed by atoms with Gasteiger partial charge in [0.1, 0.15) is 31.0 Å². The van der Waals surface area contributed by atoms with Crippen LogP contribution < -0.4 is 14.8 Å². The van der Waals surface area contributed by atoms with E-state index in [1.807, 2.05) is 36.4 Å². The smallest absolute Gasteiger partial charge is 0.322 e. The molecule has 0 radical (unpaired) electrons. The van der Waals surface area contributed by atoms with E-state index in [9.17, 15) is 14.4 Å². The highest BCUT2D eigenvalue weighted by Crippen LogP contribution is 2.33. The van der Waals surface area contributed by atoms with Crippen molar-refractivity contribution >= 4 is 29.8 Å². The summed E-state index contributed by atoms with van der Waals surface area (Å²) in [4.78, 5) is 41.0. The maximum absolute atomic E-state index is 13.0. The van der Waals surface area contributed by atoms with E-state index in [1.165, 1.54) is 0 Å². The highest BCUT2D eigenvalue weighted by molar-refractivity contribution is 6.30. The number of carbonyl (C=O) groups excluding carboxylic acids is 3. The molecule has 1 N–H and O–H groups in total. The van der Waals surface area contributed by atoms with Gasteiger partial charge in [0.05, 0.1) is 6.04 Å². The number of para-hydroxylation sites is 1. The van der Waals surface area contributed by atoms with Crippen molar-refractivity contribution in [1.29, 1.82) is 0 Å². The molecule has 1 aliphatic rings. The highest BCUT2D eigenvalue weighted by atomic mass is 35.5. The van der Waals surface area contributed by atoms with E-state index < -0.39 is 6.04 Å². The Morgan fingerprint density at radius 1 is 1.00 bits per heavy atom. The quantitative estimate of drug-likeness (QED) is 0.233. The molecule has 0 aromatic heterocycles. The molecule has 3 aromatic carbocycles. The predicted molar refractivity (Wildman–Crippen MR) is 154 cm³/mol. The average molecular weight is 562 g/mol. The van der Waals surface area contributed by atoms with Gasteiger partial charge in [0, 0.05) is 42.0 Å². The van der Waals surface area contributed by atoms with Crippen LogP contribution in [0.25, 0.3) is 0 Å². The van der Waals surface area contributed by atoms with Crippen molar-refractivity contribution in [2.24, 2.45) is 0 Å². The third kappa shape index (κ3) is 7.21. The van der Waals surface area contributed by atoms with Gasteiger partial charge in [-0.2, -0.15) is 0 Å².